The van der Waals surface area contributed by atoms with E-state index in [9.17, 15) is 9.59 Å². The quantitative estimate of drug-likeness (QED) is 0.170. The van der Waals surface area contributed by atoms with Crippen molar-refractivity contribution < 1.29 is 33.3 Å². The number of amides is 2. The number of hydrogen-bond acceptors (Lipinski definition) is 7. The fourth-order valence-corrected chi connectivity index (χ4v) is 6.75. The minimum absolute atomic E-state index is 0.0103. The van der Waals surface area contributed by atoms with Crippen LogP contribution >= 0.6 is 0 Å². The number of fused-ring (bicyclic) bond motifs is 1. The molecule has 3 aromatic rings. The molecular weight excluding hydrogens is 632 g/mol. The number of ether oxygens (including phenoxy) is 5. The van der Waals surface area contributed by atoms with E-state index in [4.69, 9.17) is 23.7 Å². The summed E-state index contributed by atoms with van der Waals surface area (Å²) in [5, 5.41) is 3.10. The van der Waals surface area contributed by atoms with E-state index in [0.29, 0.717) is 32.5 Å². The summed E-state index contributed by atoms with van der Waals surface area (Å²) < 4.78 is 30.3. The van der Waals surface area contributed by atoms with Crippen LogP contribution in [0.3, 0.4) is 0 Å². The van der Waals surface area contributed by atoms with Crippen molar-refractivity contribution in [3.8, 4) is 0 Å². The highest BCUT2D eigenvalue weighted by Gasteiger charge is 2.55. The van der Waals surface area contributed by atoms with Gasteiger partial charge in [0.15, 0.2) is 12.1 Å². The van der Waals surface area contributed by atoms with Gasteiger partial charge in [-0.1, -0.05) is 106 Å². The highest BCUT2D eigenvalue weighted by Crippen LogP contribution is 2.41. The van der Waals surface area contributed by atoms with E-state index >= 15 is 0 Å². The monoisotopic (exact) mass is 686 g/mol. The van der Waals surface area contributed by atoms with Gasteiger partial charge in [-0.25, -0.2) is 4.79 Å². The Morgan fingerprint density at radius 1 is 0.880 bits per heavy atom. The summed E-state index contributed by atoms with van der Waals surface area (Å²) in [6.45, 7) is 11.9. The van der Waals surface area contributed by atoms with Crippen LogP contribution < -0.4 is 5.32 Å². The first-order valence-electron chi connectivity index (χ1n) is 17.8. The Labute approximate surface area is 297 Å². The Balaban J connectivity index is 1.26. The molecule has 5 atom stereocenters. The molecule has 9 nitrogen and oxygen atoms in total. The molecule has 2 saturated heterocycles. The van der Waals surface area contributed by atoms with Gasteiger partial charge in [-0.05, 0) is 66.7 Å². The number of nitrogens with zero attached hydrogens (tertiary/aromatic N) is 1. The van der Waals surface area contributed by atoms with E-state index in [1.807, 2.05) is 86.6 Å². The lowest BCUT2D eigenvalue weighted by atomic mass is 9.86. The van der Waals surface area contributed by atoms with Gasteiger partial charge in [0.2, 0.25) is 5.91 Å². The SMILES string of the molecule is CO[C@@H]1O[C@H](C[C@H](CCCNC(=O)Cc2ccc(C(C)(C)C)cc2)CN(Cc2ccccc2)C(=O)OCc2ccccc2)C2OC(C)(C)O[C@@H]21. The van der Waals surface area contributed by atoms with Crippen LogP contribution in [0.1, 0.15) is 76.1 Å². The maximum absolute atomic E-state index is 13.7. The van der Waals surface area contributed by atoms with E-state index in [1.54, 1.807) is 12.0 Å². The molecule has 0 saturated carbocycles. The van der Waals surface area contributed by atoms with Crippen molar-refractivity contribution in [2.45, 2.75) is 109 Å². The third-order valence-corrected chi connectivity index (χ3v) is 9.36. The topological polar surface area (TPSA) is 95.6 Å². The van der Waals surface area contributed by atoms with E-state index in [0.717, 1.165) is 29.5 Å². The van der Waals surface area contributed by atoms with Crippen molar-refractivity contribution in [2.75, 3.05) is 20.2 Å². The van der Waals surface area contributed by atoms with E-state index < -0.39 is 12.1 Å². The molecule has 1 N–H and O–H groups in total. The number of carbonyl (C=O) groups is 2. The predicted molar refractivity (Wildman–Crippen MR) is 192 cm³/mol. The zero-order valence-electron chi connectivity index (χ0n) is 30.4. The van der Waals surface area contributed by atoms with Crippen LogP contribution in [0.5, 0.6) is 0 Å². The molecule has 5 rings (SSSR count). The maximum Gasteiger partial charge on any atom is 0.410 e. The van der Waals surface area contributed by atoms with Crippen molar-refractivity contribution >= 4 is 12.0 Å². The molecule has 2 heterocycles. The fraction of sp³-hybridized carbons (Fsp3) is 0.512. The molecule has 1 unspecified atom stereocenters. The maximum atomic E-state index is 13.7. The van der Waals surface area contributed by atoms with Gasteiger partial charge < -0.3 is 33.9 Å². The first-order valence-corrected chi connectivity index (χ1v) is 17.8. The molecule has 0 radical (unpaired) electrons. The summed E-state index contributed by atoms with van der Waals surface area (Å²) in [4.78, 5) is 28.3. The fourth-order valence-electron chi connectivity index (χ4n) is 6.75. The average molecular weight is 687 g/mol. The second kappa shape index (κ2) is 17.0. The number of nitrogens with one attached hydrogen (secondary N) is 1. The Morgan fingerprint density at radius 2 is 1.52 bits per heavy atom. The van der Waals surface area contributed by atoms with Crippen LogP contribution in [0.15, 0.2) is 84.9 Å². The first kappa shape index (κ1) is 37.5. The third kappa shape index (κ3) is 10.6. The van der Waals surface area contributed by atoms with E-state index in [2.05, 4.69) is 38.2 Å². The molecule has 2 fully saturated rings. The van der Waals surface area contributed by atoms with Crippen molar-refractivity contribution in [2.24, 2.45) is 5.92 Å². The summed E-state index contributed by atoms with van der Waals surface area (Å²) in [5.74, 6) is -0.746. The van der Waals surface area contributed by atoms with Gasteiger partial charge in [0, 0.05) is 26.7 Å². The molecule has 0 aromatic heterocycles. The van der Waals surface area contributed by atoms with Crippen LogP contribution in [0, 0.1) is 5.92 Å². The lowest BCUT2D eigenvalue weighted by Crippen LogP contribution is -2.38. The van der Waals surface area contributed by atoms with Gasteiger partial charge in [0.1, 0.15) is 18.8 Å². The van der Waals surface area contributed by atoms with Gasteiger partial charge in [0.25, 0.3) is 0 Å². The molecule has 9 heteroatoms. The Hall–Kier alpha value is -3.76. The van der Waals surface area contributed by atoms with Gasteiger partial charge in [-0.2, -0.15) is 0 Å². The van der Waals surface area contributed by atoms with Gasteiger partial charge >= 0.3 is 6.09 Å². The summed E-state index contributed by atoms with van der Waals surface area (Å²) in [7, 11) is 1.61. The standard InChI is InChI=1S/C41H54N2O7/c1-40(2,3)33-21-19-29(20-22-33)25-35(44)42-23-13-18-32(24-34-36-37(38(46-6)48-34)50-41(4,5)49-36)27-43(26-30-14-9-7-10-15-30)39(45)47-28-31-16-11-8-12-17-31/h7-12,14-17,19-22,32,34,36-38H,13,18,23-28H2,1-6H3,(H,42,44)/t32-,34+,36?,37-,38+/m0/s1. The van der Waals surface area contributed by atoms with Gasteiger partial charge in [-0.3, -0.25) is 4.79 Å². The van der Waals surface area contributed by atoms with Crippen LogP contribution in [0.25, 0.3) is 0 Å². The van der Waals surface area contributed by atoms with E-state index in [-0.39, 0.29) is 48.3 Å². The minimum atomic E-state index is -0.748. The minimum Gasteiger partial charge on any atom is -0.445 e. The highest BCUT2D eigenvalue weighted by atomic mass is 16.8. The van der Waals surface area contributed by atoms with Gasteiger partial charge in [0.05, 0.1) is 12.5 Å². The summed E-state index contributed by atoms with van der Waals surface area (Å²) in [6.07, 6.45) is 0.577. The van der Waals surface area contributed by atoms with Crippen LogP contribution in [0.4, 0.5) is 4.79 Å². The number of rotatable bonds is 15. The molecule has 3 aromatic carbocycles. The lowest BCUT2D eigenvalue weighted by Gasteiger charge is -2.30. The Bertz CT molecular complexity index is 1510. The molecular formula is C41H54N2O7. The molecule has 2 aliphatic rings. The molecule has 0 spiro atoms. The zero-order chi connectivity index (χ0) is 35.7. The zero-order valence-corrected chi connectivity index (χ0v) is 30.4. The van der Waals surface area contributed by atoms with Crippen molar-refractivity contribution in [3.63, 3.8) is 0 Å². The summed E-state index contributed by atoms with van der Waals surface area (Å²) >= 11 is 0. The highest BCUT2D eigenvalue weighted by molar-refractivity contribution is 5.78. The number of hydrogen-bond donors (Lipinski definition) is 1. The van der Waals surface area contributed by atoms with Crippen LogP contribution in [-0.4, -0.2) is 67.5 Å². The second-order valence-electron chi connectivity index (χ2n) is 15.0. The Kier molecular flexibility index (Phi) is 12.7. The largest absolute Gasteiger partial charge is 0.445 e. The average Bonchev–Trinajstić information content (AvgIpc) is 3.58. The molecule has 2 amide bonds. The summed E-state index contributed by atoms with van der Waals surface area (Å²) in [6, 6.07) is 27.9. The molecule has 0 aliphatic carbocycles. The van der Waals surface area contributed by atoms with E-state index in [1.165, 1.54) is 5.56 Å². The molecule has 50 heavy (non-hydrogen) atoms. The third-order valence-electron chi connectivity index (χ3n) is 9.36. The van der Waals surface area contributed by atoms with Crippen molar-refractivity contribution in [1.82, 2.24) is 10.2 Å². The number of carbonyl (C=O) groups excluding carboxylic acids is 2. The predicted octanol–water partition coefficient (Wildman–Crippen LogP) is 7.16. The molecule has 2 aliphatic heterocycles. The Morgan fingerprint density at radius 3 is 2.16 bits per heavy atom. The smallest absolute Gasteiger partial charge is 0.410 e. The molecule has 0 bridgehead atoms. The lowest BCUT2D eigenvalue weighted by molar-refractivity contribution is -0.228. The van der Waals surface area contributed by atoms with Crippen molar-refractivity contribution in [3.05, 3.63) is 107 Å². The van der Waals surface area contributed by atoms with Crippen molar-refractivity contribution in [1.29, 1.82) is 0 Å². The van der Waals surface area contributed by atoms with Gasteiger partial charge in [-0.15, -0.1) is 0 Å². The number of methoxy groups -OCH3 is 1. The second-order valence-corrected chi connectivity index (χ2v) is 15.0. The first-order chi connectivity index (χ1) is 23.9. The summed E-state index contributed by atoms with van der Waals surface area (Å²) in [5.41, 5.74) is 4.23. The normalized spacial score (nSPS) is 21.7. The molecule has 270 valence electrons. The van der Waals surface area contributed by atoms with Crippen LogP contribution in [-0.2, 0) is 53.5 Å². The van der Waals surface area contributed by atoms with Crippen LogP contribution in [0.2, 0.25) is 0 Å². The number of benzene rings is 3.